The predicted molar refractivity (Wildman–Crippen MR) is 66.0 cm³/mol. The fourth-order valence-electron chi connectivity index (χ4n) is 1.30. The average molecular weight is 287 g/mol. The molecule has 1 rings (SSSR count). The number of aromatic hydroxyl groups is 1. The molecule has 0 aliphatic heterocycles. The van der Waals surface area contributed by atoms with Crippen LogP contribution in [0.5, 0.6) is 5.75 Å². The molecule has 0 aromatic heterocycles. The van der Waals surface area contributed by atoms with E-state index in [0.29, 0.717) is 11.0 Å². The first-order valence-electron chi connectivity index (χ1n) is 4.92. The van der Waals surface area contributed by atoms with E-state index in [1.54, 1.807) is 6.92 Å². The van der Waals surface area contributed by atoms with Crippen LogP contribution in [0.15, 0.2) is 16.6 Å². The van der Waals surface area contributed by atoms with Crippen LogP contribution in [0.3, 0.4) is 0 Å². The van der Waals surface area contributed by atoms with Crippen molar-refractivity contribution in [1.29, 1.82) is 0 Å². The molecule has 0 saturated heterocycles. The lowest BCUT2D eigenvalue weighted by Crippen LogP contribution is -2.38. The van der Waals surface area contributed by atoms with E-state index in [1.165, 1.54) is 0 Å². The molecule has 0 unspecified atom stereocenters. The minimum absolute atomic E-state index is 0.190. The number of hydrogen-bond acceptors (Lipinski definition) is 3. The zero-order valence-electron chi connectivity index (χ0n) is 9.25. The number of primary amides is 1. The van der Waals surface area contributed by atoms with Crippen molar-refractivity contribution in [2.24, 2.45) is 5.73 Å². The van der Waals surface area contributed by atoms with E-state index in [9.17, 15) is 9.90 Å². The first-order valence-corrected chi connectivity index (χ1v) is 5.71. The second-order valence-corrected chi connectivity index (χ2v) is 4.61. The van der Waals surface area contributed by atoms with Crippen molar-refractivity contribution in [3.8, 4) is 5.75 Å². The molecule has 0 spiro atoms. The van der Waals surface area contributed by atoms with Gasteiger partial charge in [0.2, 0.25) is 5.91 Å². The second-order valence-electron chi connectivity index (χ2n) is 3.76. The van der Waals surface area contributed by atoms with Crippen molar-refractivity contribution in [1.82, 2.24) is 5.32 Å². The average Bonchev–Trinajstić information content (AvgIpc) is 2.20. The number of hydrogen-bond donors (Lipinski definition) is 3. The van der Waals surface area contributed by atoms with E-state index < -0.39 is 11.9 Å². The Labute approximate surface area is 103 Å². The summed E-state index contributed by atoms with van der Waals surface area (Å²) >= 11 is 3.26. The Hall–Kier alpha value is -1.07. The van der Waals surface area contributed by atoms with Crippen LogP contribution in [0.25, 0.3) is 0 Å². The summed E-state index contributed by atoms with van der Waals surface area (Å²) < 4.78 is 0.649. The van der Waals surface area contributed by atoms with E-state index in [4.69, 9.17) is 5.73 Å². The van der Waals surface area contributed by atoms with Gasteiger partial charge in [0, 0.05) is 12.1 Å². The summed E-state index contributed by atoms with van der Waals surface area (Å²) in [4.78, 5) is 10.8. The number of benzene rings is 1. The third-order valence-corrected chi connectivity index (χ3v) is 2.92. The van der Waals surface area contributed by atoms with Gasteiger partial charge in [-0.2, -0.15) is 0 Å². The maximum atomic E-state index is 10.8. The standard InChI is InChI=1S/C11H15BrN2O2/c1-6-3-8(10(15)9(12)4-6)5-14-7(2)11(13)16/h3-4,7,14-15H,5H2,1-2H3,(H2,13,16)/t7-/m0/s1. The molecule has 88 valence electrons. The van der Waals surface area contributed by atoms with Gasteiger partial charge in [-0.1, -0.05) is 6.07 Å². The van der Waals surface area contributed by atoms with Crippen molar-refractivity contribution >= 4 is 21.8 Å². The Kier molecular flexibility index (Phi) is 4.32. The van der Waals surface area contributed by atoms with E-state index in [-0.39, 0.29) is 5.75 Å². The van der Waals surface area contributed by atoms with Crippen molar-refractivity contribution < 1.29 is 9.90 Å². The summed E-state index contributed by atoms with van der Waals surface area (Å²) in [6.45, 7) is 4.02. The van der Waals surface area contributed by atoms with Gasteiger partial charge in [0.05, 0.1) is 10.5 Å². The van der Waals surface area contributed by atoms with E-state index in [2.05, 4.69) is 21.2 Å². The van der Waals surface area contributed by atoms with Crippen LogP contribution in [0.2, 0.25) is 0 Å². The highest BCUT2D eigenvalue weighted by Gasteiger charge is 2.10. The van der Waals surface area contributed by atoms with Crippen LogP contribution in [-0.4, -0.2) is 17.1 Å². The zero-order chi connectivity index (χ0) is 12.3. The number of carbonyl (C=O) groups excluding carboxylic acids is 1. The Morgan fingerprint density at radius 3 is 2.81 bits per heavy atom. The Morgan fingerprint density at radius 2 is 2.25 bits per heavy atom. The number of aryl methyl sites for hydroxylation is 1. The molecule has 5 heteroatoms. The van der Waals surface area contributed by atoms with Gasteiger partial charge in [-0.05, 0) is 41.4 Å². The van der Waals surface area contributed by atoms with Gasteiger partial charge in [0.15, 0.2) is 0 Å². The lowest BCUT2D eigenvalue weighted by atomic mass is 10.1. The molecule has 0 aliphatic rings. The fourth-order valence-corrected chi connectivity index (χ4v) is 1.92. The minimum Gasteiger partial charge on any atom is -0.506 e. The first-order chi connectivity index (χ1) is 7.41. The summed E-state index contributed by atoms with van der Waals surface area (Å²) in [7, 11) is 0. The molecule has 1 amide bonds. The lowest BCUT2D eigenvalue weighted by molar-refractivity contribution is -0.119. The fraction of sp³-hybridized carbons (Fsp3) is 0.364. The van der Waals surface area contributed by atoms with Crippen LogP contribution in [0, 0.1) is 6.92 Å². The SMILES string of the molecule is Cc1cc(Br)c(O)c(CN[C@@H](C)C(N)=O)c1. The maximum absolute atomic E-state index is 10.8. The van der Waals surface area contributed by atoms with E-state index in [1.807, 2.05) is 19.1 Å². The monoisotopic (exact) mass is 286 g/mol. The number of rotatable bonds is 4. The number of phenols is 1. The van der Waals surface area contributed by atoms with Gasteiger partial charge in [-0.25, -0.2) is 0 Å². The highest BCUT2D eigenvalue weighted by atomic mass is 79.9. The van der Waals surface area contributed by atoms with Crippen molar-refractivity contribution in [3.63, 3.8) is 0 Å². The van der Waals surface area contributed by atoms with Crippen LogP contribution >= 0.6 is 15.9 Å². The van der Waals surface area contributed by atoms with Crippen molar-refractivity contribution in [2.45, 2.75) is 26.4 Å². The van der Waals surface area contributed by atoms with Crippen molar-refractivity contribution in [2.75, 3.05) is 0 Å². The molecule has 0 fully saturated rings. The number of nitrogens with two attached hydrogens (primary N) is 1. The topological polar surface area (TPSA) is 75.3 Å². The van der Waals surface area contributed by atoms with Gasteiger partial charge >= 0.3 is 0 Å². The highest BCUT2D eigenvalue weighted by Crippen LogP contribution is 2.29. The zero-order valence-corrected chi connectivity index (χ0v) is 10.8. The van der Waals surface area contributed by atoms with Crippen LogP contribution in [0.4, 0.5) is 0 Å². The summed E-state index contributed by atoms with van der Waals surface area (Å²) in [5.41, 5.74) is 6.90. The number of nitrogens with one attached hydrogen (secondary N) is 1. The second kappa shape index (κ2) is 5.32. The molecule has 0 heterocycles. The third kappa shape index (κ3) is 3.21. The molecule has 4 nitrogen and oxygen atoms in total. The Bertz CT molecular complexity index is 407. The normalized spacial score (nSPS) is 12.4. The Morgan fingerprint density at radius 1 is 1.62 bits per heavy atom. The summed E-state index contributed by atoms with van der Waals surface area (Å²) in [5.74, 6) is -0.221. The lowest BCUT2D eigenvalue weighted by Gasteiger charge is -2.12. The largest absolute Gasteiger partial charge is 0.506 e. The van der Waals surface area contributed by atoms with E-state index >= 15 is 0 Å². The summed E-state index contributed by atoms with van der Waals surface area (Å²) in [6.07, 6.45) is 0. The highest BCUT2D eigenvalue weighted by molar-refractivity contribution is 9.10. The molecular weight excluding hydrogens is 272 g/mol. The van der Waals surface area contributed by atoms with Crippen molar-refractivity contribution in [3.05, 3.63) is 27.7 Å². The minimum atomic E-state index is -0.418. The van der Waals surface area contributed by atoms with Gasteiger partial charge in [-0.15, -0.1) is 0 Å². The van der Waals surface area contributed by atoms with Gasteiger partial charge in [0.1, 0.15) is 5.75 Å². The molecule has 0 bridgehead atoms. The van der Waals surface area contributed by atoms with Crippen LogP contribution in [0.1, 0.15) is 18.1 Å². The molecule has 1 atom stereocenters. The molecule has 1 aromatic rings. The summed E-state index contributed by atoms with van der Waals surface area (Å²) in [6, 6.07) is 3.27. The van der Waals surface area contributed by atoms with Gasteiger partial charge < -0.3 is 16.2 Å². The summed E-state index contributed by atoms with van der Waals surface area (Å²) in [5, 5.41) is 12.7. The van der Waals surface area contributed by atoms with E-state index in [0.717, 1.165) is 11.1 Å². The smallest absolute Gasteiger partial charge is 0.234 e. The number of halogens is 1. The van der Waals surface area contributed by atoms with Crippen LogP contribution < -0.4 is 11.1 Å². The molecule has 0 saturated carbocycles. The number of amides is 1. The molecule has 1 aromatic carbocycles. The van der Waals surface area contributed by atoms with Gasteiger partial charge in [0.25, 0.3) is 0 Å². The third-order valence-electron chi connectivity index (χ3n) is 2.31. The Balaban J connectivity index is 2.78. The number of phenolic OH excluding ortho intramolecular Hbond substituents is 1. The molecular formula is C11H15BrN2O2. The molecule has 16 heavy (non-hydrogen) atoms. The first kappa shape index (κ1) is 13.0. The van der Waals surface area contributed by atoms with Gasteiger partial charge in [-0.3, -0.25) is 4.79 Å². The maximum Gasteiger partial charge on any atom is 0.234 e. The number of carbonyl (C=O) groups is 1. The van der Waals surface area contributed by atoms with Crippen LogP contribution in [-0.2, 0) is 11.3 Å². The quantitative estimate of drug-likeness (QED) is 0.784. The molecule has 0 radical (unpaired) electrons. The molecule has 0 aliphatic carbocycles. The predicted octanol–water partition coefficient (Wildman–Crippen LogP) is 1.43. The molecule has 4 N–H and O–H groups in total.